The van der Waals surface area contributed by atoms with Gasteiger partial charge in [-0.15, -0.1) is 24.8 Å². The van der Waals surface area contributed by atoms with Crippen LogP contribution in [0.4, 0.5) is 0 Å². The van der Waals surface area contributed by atoms with E-state index in [1.807, 2.05) is 6.20 Å². The average Bonchev–Trinajstić information content (AvgIpc) is 2.91. The van der Waals surface area contributed by atoms with Crippen molar-refractivity contribution in [2.45, 2.75) is 25.8 Å². The molecule has 5 heteroatoms. The number of pyridine rings is 1. The van der Waals surface area contributed by atoms with Crippen LogP contribution in [-0.2, 0) is 0 Å². The molecule has 1 fully saturated rings. The molecule has 2 nitrogen and oxygen atoms in total. The lowest BCUT2D eigenvalue weighted by Gasteiger charge is -2.10. The van der Waals surface area contributed by atoms with Crippen LogP contribution in [-0.4, -0.2) is 4.98 Å². The van der Waals surface area contributed by atoms with E-state index in [1.54, 1.807) is 0 Å². The van der Waals surface area contributed by atoms with E-state index in [0.29, 0.717) is 5.92 Å². The Morgan fingerprint density at radius 2 is 2.07 bits per heavy atom. The molecular weight excluding hydrogens is 299 g/mol. The van der Waals surface area contributed by atoms with Crippen molar-refractivity contribution >= 4 is 40.7 Å². The van der Waals surface area contributed by atoms with Crippen molar-refractivity contribution in [3.63, 3.8) is 0 Å². The average molecular weight is 314 g/mol. The molecule has 1 aromatic heterocycles. The molecule has 2 N–H and O–H groups in total. The fourth-order valence-corrected chi connectivity index (χ4v) is 1.66. The van der Waals surface area contributed by atoms with Gasteiger partial charge in [0.2, 0.25) is 0 Å². The summed E-state index contributed by atoms with van der Waals surface area (Å²) >= 11 is 3.43. The molecule has 1 aliphatic carbocycles. The van der Waals surface area contributed by atoms with Crippen LogP contribution in [0, 0.1) is 12.8 Å². The number of aryl methyl sites for hydroxylation is 1. The van der Waals surface area contributed by atoms with Crippen molar-refractivity contribution < 1.29 is 0 Å². The number of rotatable bonds is 2. The van der Waals surface area contributed by atoms with Gasteiger partial charge in [0.05, 0.1) is 5.69 Å². The van der Waals surface area contributed by atoms with Crippen LogP contribution in [0.3, 0.4) is 0 Å². The maximum absolute atomic E-state index is 6.04. The Balaban J connectivity index is 0.000000980. The van der Waals surface area contributed by atoms with E-state index < -0.39 is 0 Å². The molecule has 0 amide bonds. The van der Waals surface area contributed by atoms with Gasteiger partial charge >= 0.3 is 0 Å². The smallest absolute Gasteiger partial charge is 0.0577 e. The zero-order chi connectivity index (χ0) is 9.42. The number of hydrogen-bond donors (Lipinski definition) is 1. The standard InChI is InChI=1S/C10H13BrN2.2ClH/c1-6-4-9(13-5-8(6)11)10(12)7-2-3-7;;/h4-5,7,10H,2-3,12H2,1H3;2*1H/t10-;;/m0../s1. The fourth-order valence-electron chi connectivity index (χ4n) is 1.44. The first-order chi connectivity index (χ1) is 6.18. The van der Waals surface area contributed by atoms with Gasteiger partial charge in [-0.2, -0.15) is 0 Å². The second kappa shape index (κ2) is 6.04. The summed E-state index contributed by atoms with van der Waals surface area (Å²) < 4.78 is 1.05. The Kier molecular flexibility index (Phi) is 6.11. The molecule has 0 saturated heterocycles. The van der Waals surface area contributed by atoms with Crippen LogP contribution in [0.1, 0.15) is 30.1 Å². The van der Waals surface area contributed by atoms with Crippen LogP contribution in [0.2, 0.25) is 0 Å². The molecule has 86 valence electrons. The largest absolute Gasteiger partial charge is 0.322 e. The van der Waals surface area contributed by atoms with Gasteiger partial charge in [-0.3, -0.25) is 4.98 Å². The molecule has 1 heterocycles. The van der Waals surface area contributed by atoms with Crippen molar-refractivity contribution in [3.05, 3.63) is 28.0 Å². The molecule has 0 aromatic carbocycles. The molecule has 0 aliphatic heterocycles. The highest BCUT2D eigenvalue weighted by Gasteiger charge is 2.30. The van der Waals surface area contributed by atoms with Crippen LogP contribution in [0.15, 0.2) is 16.7 Å². The zero-order valence-corrected chi connectivity index (χ0v) is 11.7. The van der Waals surface area contributed by atoms with E-state index in [9.17, 15) is 0 Å². The highest BCUT2D eigenvalue weighted by molar-refractivity contribution is 9.10. The predicted molar refractivity (Wildman–Crippen MR) is 70.8 cm³/mol. The monoisotopic (exact) mass is 312 g/mol. The molecule has 1 atom stereocenters. The van der Waals surface area contributed by atoms with Crippen molar-refractivity contribution in [1.29, 1.82) is 0 Å². The van der Waals surface area contributed by atoms with Crippen LogP contribution >= 0.6 is 40.7 Å². The van der Waals surface area contributed by atoms with E-state index in [0.717, 1.165) is 10.2 Å². The normalized spacial score (nSPS) is 16.2. The summed E-state index contributed by atoms with van der Waals surface area (Å²) in [5.41, 5.74) is 8.28. The van der Waals surface area contributed by atoms with Gasteiger partial charge in [0.1, 0.15) is 0 Å². The molecule has 15 heavy (non-hydrogen) atoms. The van der Waals surface area contributed by atoms with E-state index in [4.69, 9.17) is 5.73 Å². The lowest BCUT2D eigenvalue weighted by molar-refractivity contribution is 0.614. The SMILES string of the molecule is Cc1cc([C@@H](N)C2CC2)ncc1Br.Cl.Cl. The summed E-state index contributed by atoms with van der Waals surface area (Å²) in [5, 5.41) is 0. The quantitative estimate of drug-likeness (QED) is 0.908. The van der Waals surface area contributed by atoms with E-state index in [1.165, 1.54) is 18.4 Å². The first kappa shape index (κ1) is 15.2. The molecule has 0 bridgehead atoms. The molecule has 0 radical (unpaired) electrons. The van der Waals surface area contributed by atoms with Crippen LogP contribution in [0.25, 0.3) is 0 Å². The van der Waals surface area contributed by atoms with Gasteiger partial charge in [0.25, 0.3) is 0 Å². The molecule has 0 unspecified atom stereocenters. The summed E-state index contributed by atoms with van der Waals surface area (Å²) in [6, 6.07) is 2.22. The topological polar surface area (TPSA) is 38.9 Å². The second-order valence-electron chi connectivity index (χ2n) is 3.72. The summed E-state index contributed by atoms with van der Waals surface area (Å²) in [6.45, 7) is 2.06. The van der Waals surface area contributed by atoms with E-state index in [2.05, 4.69) is 33.9 Å². The minimum absolute atomic E-state index is 0. The summed E-state index contributed by atoms with van der Waals surface area (Å²) in [7, 11) is 0. The number of hydrogen-bond acceptors (Lipinski definition) is 2. The maximum atomic E-state index is 6.04. The Labute approximate surface area is 111 Å². The van der Waals surface area contributed by atoms with Gasteiger partial charge in [0.15, 0.2) is 0 Å². The van der Waals surface area contributed by atoms with Crippen LogP contribution < -0.4 is 5.73 Å². The highest BCUT2D eigenvalue weighted by Crippen LogP contribution is 2.39. The van der Waals surface area contributed by atoms with E-state index in [-0.39, 0.29) is 30.9 Å². The predicted octanol–water partition coefficient (Wildman–Crippen LogP) is 3.41. The first-order valence-electron chi connectivity index (χ1n) is 4.56. The Morgan fingerprint density at radius 1 is 1.47 bits per heavy atom. The van der Waals surface area contributed by atoms with Gasteiger partial charge in [-0.05, 0) is 53.2 Å². The van der Waals surface area contributed by atoms with Gasteiger partial charge < -0.3 is 5.73 Å². The number of nitrogens with zero attached hydrogens (tertiary/aromatic N) is 1. The Morgan fingerprint density at radius 3 is 2.53 bits per heavy atom. The summed E-state index contributed by atoms with van der Waals surface area (Å²) in [5.74, 6) is 0.674. The molecule has 2 rings (SSSR count). The zero-order valence-electron chi connectivity index (χ0n) is 8.44. The van der Waals surface area contributed by atoms with E-state index >= 15 is 0 Å². The van der Waals surface area contributed by atoms with Gasteiger partial charge in [0, 0.05) is 16.7 Å². The van der Waals surface area contributed by atoms with Crippen molar-refractivity contribution in [2.24, 2.45) is 11.7 Å². The minimum atomic E-state index is 0. The molecular formula is C10H15BrCl2N2. The van der Waals surface area contributed by atoms with Crippen molar-refractivity contribution in [1.82, 2.24) is 4.98 Å². The van der Waals surface area contributed by atoms with Gasteiger partial charge in [-0.1, -0.05) is 0 Å². The lowest BCUT2D eigenvalue weighted by atomic mass is 10.1. The summed E-state index contributed by atoms with van der Waals surface area (Å²) in [6.07, 6.45) is 4.36. The second-order valence-corrected chi connectivity index (χ2v) is 4.58. The highest BCUT2D eigenvalue weighted by atomic mass is 79.9. The first-order valence-corrected chi connectivity index (χ1v) is 5.35. The van der Waals surface area contributed by atoms with Gasteiger partial charge in [-0.25, -0.2) is 0 Å². The molecule has 0 spiro atoms. The maximum Gasteiger partial charge on any atom is 0.0577 e. The third kappa shape index (κ3) is 3.59. The number of aromatic nitrogens is 1. The third-order valence-electron chi connectivity index (χ3n) is 2.54. The Hall–Kier alpha value is 0.170. The fraction of sp³-hybridized carbons (Fsp3) is 0.500. The Bertz CT molecular complexity index is 329. The molecule has 1 aliphatic rings. The molecule has 1 saturated carbocycles. The van der Waals surface area contributed by atoms with Crippen molar-refractivity contribution in [2.75, 3.05) is 0 Å². The number of halogens is 3. The van der Waals surface area contributed by atoms with Crippen LogP contribution in [0.5, 0.6) is 0 Å². The lowest BCUT2D eigenvalue weighted by Crippen LogP contribution is -2.14. The van der Waals surface area contributed by atoms with Crippen molar-refractivity contribution in [3.8, 4) is 0 Å². The third-order valence-corrected chi connectivity index (χ3v) is 3.37. The minimum Gasteiger partial charge on any atom is -0.322 e. The summed E-state index contributed by atoms with van der Waals surface area (Å²) in [4.78, 5) is 4.33. The molecule has 1 aromatic rings. The number of nitrogens with two attached hydrogens (primary N) is 1.